The quantitative estimate of drug-likeness (QED) is 0.234. The van der Waals surface area contributed by atoms with Gasteiger partial charge in [-0.1, -0.05) is 6.07 Å². The highest BCUT2D eigenvalue weighted by atomic mass is 35.5. The number of benzene rings is 2. The van der Waals surface area contributed by atoms with Crippen molar-refractivity contribution >= 4 is 56.8 Å². The Balaban J connectivity index is 0.00000267. The van der Waals surface area contributed by atoms with Crippen LogP contribution in [-0.2, 0) is 0 Å². The molecule has 1 aliphatic heterocycles. The van der Waals surface area contributed by atoms with E-state index in [2.05, 4.69) is 36.4 Å². The monoisotopic (exact) mass is 506 g/mol. The number of aromatic nitrogens is 4. The van der Waals surface area contributed by atoms with Gasteiger partial charge in [0.15, 0.2) is 5.65 Å². The molecule has 0 radical (unpaired) electrons. The Morgan fingerprint density at radius 3 is 2.58 bits per heavy atom. The van der Waals surface area contributed by atoms with Crippen LogP contribution in [0, 0.1) is 6.92 Å². The number of H-pyrrole nitrogens is 2. The van der Waals surface area contributed by atoms with Crippen molar-refractivity contribution in [2.75, 3.05) is 31.1 Å². The summed E-state index contributed by atoms with van der Waals surface area (Å²) in [5.74, 6) is -1.63. The van der Waals surface area contributed by atoms with Crippen LogP contribution in [0.5, 0.6) is 5.75 Å². The zero-order valence-corrected chi connectivity index (χ0v) is 20.1. The first-order valence-electron chi connectivity index (χ1n) is 11.3. The maximum Gasteiger partial charge on any atom is 0.339 e. The number of nitrogens with zero attached hydrogens (tertiary/aromatic N) is 3. The third kappa shape index (κ3) is 3.62. The van der Waals surface area contributed by atoms with E-state index in [1.54, 1.807) is 6.07 Å². The largest absolute Gasteiger partial charge is 0.507 e. The van der Waals surface area contributed by atoms with Gasteiger partial charge in [-0.25, -0.2) is 9.78 Å². The maximum atomic E-state index is 13.5. The Labute approximate surface area is 210 Å². The van der Waals surface area contributed by atoms with E-state index in [1.165, 1.54) is 12.1 Å². The second kappa shape index (κ2) is 8.81. The number of pyridine rings is 2. The molecule has 1 saturated heterocycles. The number of rotatable bonds is 3. The standard InChI is InChI=1S/C25H22N6O4.ClH/c1-12-19-20-15-4-3-14(31-8-6-26-7-9-31)11-17(15)27-24(33)21(20)22(28-23(19)30-29-12)13-2-5-18(32)16(10-13)25(34)35;/h2-5,10-11,26,32H,6-9H2,1H3,(H,27,33)(H,34,35)(H,28,29,30);1H. The fraction of sp³-hybridized carbons (Fsp3) is 0.200. The molecule has 36 heavy (non-hydrogen) atoms. The summed E-state index contributed by atoms with van der Waals surface area (Å²) in [7, 11) is 0. The predicted octanol–water partition coefficient (Wildman–Crippen LogP) is 3.16. The van der Waals surface area contributed by atoms with Crippen LogP contribution in [0.2, 0.25) is 0 Å². The Morgan fingerprint density at radius 1 is 1.06 bits per heavy atom. The van der Waals surface area contributed by atoms with Crippen molar-refractivity contribution in [3.63, 3.8) is 0 Å². The van der Waals surface area contributed by atoms with Gasteiger partial charge in [0.25, 0.3) is 5.56 Å². The first-order valence-corrected chi connectivity index (χ1v) is 11.3. The smallest absolute Gasteiger partial charge is 0.339 e. The molecule has 0 aliphatic carbocycles. The minimum Gasteiger partial charge on any atom is -0.507 e. The van der Waals surface area contributed by atoms with Gasteiger partial charge in [0.2, 0.25) is 0 Å². The van der Waals surface area contributed by atoms with Crippen molar-refractivity contribution in [1.29, 1.82) is 0 Å². The predicted molar refractivity (Wildman–Crippen MR) is 141 cm³/mol. The van der Waals surface area contributed by atoms with Crippen LogP contribution >= 0.6 is 12.4 Å². The molecular formula is C25H23ClN6O4. The molecule has 5 aromatic rings. The zero-order valence-electron chi connectivity index (χ0n) is 19.3. The van der Waals surface area contributed by atoms with E-state index in [0.717, 1.165) is 48.3 Å². The lowest BCUT2D eigenvalue weighted by atomic mass is 9.97. The van der Waals surface area contributed by atoms with Crippen molar-refractivity contribution in [1.82, 2.24) is 25.5 Å². The van der Waals surface area contributed by atoms with Crippen molar-refractivity contribution in [3.05, 3.63) is 58.0 Å². The Hall–Kier alpha value is -4.15. The molecule has 184 valence electrons. The molecule has 6 rings (SSSR count). The number of phenols is 1. The number of anilines is 1. The first kappa shape index (κ1) is 23.6. The normalized spacial score (nSPS) is 13.9. The van der Waals surface area contributed by atoms with Crippen LogP contribution in [0.3, 0.4) is 0 Å². The van der Waals surface area contributed by atoms with Gasteiger partial charge < -0.3 is 25.4 Å². The number of hydrogen-bond acceptors (Lipinski definition) is 7. The van der Waals surface area contributed by atoms with Gasteiger partial charge in [0.05, 0.1) is 22.0 Å². The lowest BCUT2D eigenvalue weighted by molar-refractivity contribution is 0.0694. The summed E-state index contributed by atoms with van der Waals surface area (Å²) in [5, 5.41) is 32.7. The molecule has 3 aromatic heterocycles. The van der Waals surface area contributed by atoms with Gasteiger partial charge in [0.1, 0.15) is 11.3 Å². The summed E-state index contributed by atoms with van der Waals surface area (Å²) < 4.78 is 0. The van der Waals surface area contributed by atoms with E-state index < -0.39 is 5.97 Å². The summed E-state index contributed by atoms with van der Waals surface area (Å²) in [4.78, 5) is 35.1. The molecule has 0 bridgehead atoms. The number of hydrogen-bond donors (Lipinski definition) is 5. The second-order valence-electron chi connectivity index (χ2n) is 8.72. The number of nitrogens with one attached hydrogen (secondary N) is 3. The number of carboxylic acid groups (broad SMARTS) is 1. The highest BCUT2D eigenvalue weighted by Crippen LogP contribution is 2.37. The van der Waals surface area contributed by atoms with Gasteiger partial charge in [-0.05, 0) is 37.3 Å². The number of piperazine rings is 1. The average molecular weight is 507 g/mol. The molecule has 1 fully saturated rings. The first-order chi connectivity index (χ1) is 16.9. The molecule has 1 aliphatic rings. The van der Waals surface area contributed by atoms with E-state index >= 15 is 0 Å². The van der Waals surface area contributed by atoms with E-state index in [0.29, 0.717) is 33.2 Å². The molecule has 0 unspecified atom stereocenters. The third-order valence-corrected chi connectivity index (χ3v) is 6.61. The topological polar surface area (TPSA) is 147 Å². The van der Waals surface area contributed by atoms with Crippen LogP contribution in [0.25, 0.3) is 44.0 Å². The molecule has 5 N–H and O–H groups in total. The van der Waals surface area contributed by atoms with Crippen molar-refractivity contribution < 1.29 is 15.0 Å². The minimum absolute atomic E-state index is 0. The molecule has 2 aromatic carbocycles. The lowest BCUT2D eigenvalue weighted by Gasteiger charge is -2.29. The average Bonchev–Trinajstić information content (AvgIpc) is 3.24. The van der Waals surface area contributed by atoms with Crippen molar-refractivity contribution in [2.24, 2.45) is 0 Å². The molecule has 0 amide bonds. The number of carboxylic acids is 1. The summed E-state index contributed by atoms with van der Waals surface area (Å²) in [6.07, 6.45) is 0. The number of aromatic hydroxyl groups is 1. The van der Waals surface area contributed by atoms with Crippen LogP contribution < -0.4 is 15.8 Å². The van der Waals surface area contributed by atoms with Gasteiger partial charge in [-0.2, -0.15) is 5.10 Å². The van der Waals surface area contributed by atoms with Crippen LogP contribution in [-0.4, -0.2) is 62.5 Å². The highest BCUT2D eigenvalue weighted by Gasteiger charge is 2.22. The third-order valence-electron chi connectivity index (χ3n) is 6.61. The number of fused-ring (bicyclic) bond motifs is 5. The highest BCUT2D eigenvalue weighted by molar-refractivity contribution is 6.21. The lowest BCUT2D eigenvalue weighted by Crippen LogP contribution is -2.43. The maximum absolute atomic E-state index is 13.5. The summed E-state index contributed by atoms with van der Waals surface area (Å²) in [6.45, 7) is 5.45. The fourth-order valence-corrected chi connectivity index (χ4v) is 4.91. The number of carbonyl (C=O) groups is 1. The van der Waals surface area contributed by atoms with Gasteiger partial charge in [-0.15, -0.1) is 12.4 Å². The summed E-state index contributed by atoms with van der Waals surface area (Å²) in [5.41, 5.74) is 3.04. The minimum atomic E-state index is -1.27. The van der Waals surface area contributed by atoms with Gasteiger partial charge in [-0.3, -0.25) is 9.89 Å². The zero-order chi connectivity index (χ0) is 24.3. The summed E-state index contributed by atoms with van der Waals surface area (Å²) >= 11 is 0. The van der Waals surface area contributed by atoms with Crippen LogP contribution in [0.15, 0.2) is 41.2 Å². The van der Waals surface area contributed by atoms with Crippen LogP contribution in [0.4, 0.5) is 5.69 Å². The van der Waals surface area contributed by atoms with E-state index in [1.807, 2.05) is 19.1 Å². The molecular weight excluding hydrogens is 484 g/mol. The van der Waals surface area contributed by atoms with Gasteiger partial charge >= 0.3 is 5.97 Å². The van der Waals surface area contributed by atoms with E-state index in [9.17, 15) is 19.8 Å². The SMILES string of the molecule is Cc1[nH]nc2nc(-c3ccc(O)c(C(=O)O)c3)c3c(=O)[nH]c4cc(N5CCNCC5)ccc4c3c12.Cl. The van der Waals surface area contributed by atoms with E-state index in [-0.39, 0.29) is 29.3 Å². The Bertz CT molecular complexity index is 1720. The molecule has 0 spiro atoms. The molecule has 11 heteroatoms. The van der Waals surface area contributed by atoms with E-state index in [4.69, 9.17) is 0 Å². The summed E-state index contributed by atoms with van der Waals surface area (Å²) in [6, 6.07) is 10.2. The molecule has 0 atom stereocenters. The Morgan fingerprint density at radius 2 is 1.83 bits per heavy atom. The molecule has 4 heterocycles. The van der Waals surface area contributed by atoms with Crippen LogP contribution in [0.1, 0.15) is 16.1 Å². The fourth-order valence-electron chi connectivity index (χ4n) is 4.91. The molecule has 0 saturated carbocycles. The number of aromatic amines is 2. The number of halogens is 1. The van der Waals surface area contributed by atoms with Gasteiger partial charge in [0, 0.05) is 53.9 Å². The number of aryl methyl sites for hydroxylation is 1. The van der Waals surface area contributed by atoms with Crippen molar-refractivity contribution in [3.8, 4) is 17.0 Å². The second-order valence-corrected chi connectivity index (χ2v) is 8.72. The Kier molecular flexibility index (Phi) is 5.77. The molecule has 10 nitrogen and oxygen atoms in total. The number of aromatic carboxylic acids is 1. The van der Waals surface area contributed by atoms with Crippen molar-refractivity contribution in [2.45, 2.75) is 6.92 Å².